The molecule has 0 spiro atoms. The number of nitrogens with one attached hydrogen (secondary N) is 1. The predicted octanol–water partition coefficient (Wildman–Crippen LogP) is 2.59. The normalized spacial score (nSPS) is 10.1. The fraction of sp³-hybridized carbons (Fsp3) is 0.214. The van der Waals surface area contributed by atoms with Gasteiger partial charge in [-0.1, -0.05) is 0 Å². The first kappa shape index (κ1) is 12.2. The average Bonchev–Trinajstić information content (AvgIpc) is 2.89. The fourth-order valence-corrected chi connectivity index (χ4v) is 1.59. The second-order valence-electron chi connectivity index (χ2n) is 4.26. The Labute approximate surface area is 106 Å². The molecule has 1 aromatic heterocycles. The second-order valence-corrected chi connectivity index (χ2v) is 4.26. The lowest BCUT2D eigenvalue weighted by molar-refractivity contribution is 0.0827. The minimum atomic E-state index is 0.0105. The van der Waals surface area contributed by atoms with Crippen LogP contribution in [-0.2, 0) is 6.54 Å². The maximum Gasteiger partial charge on any atom is 0.253 e. The summed E-state index contributed by atoms with van der Waals surface area (Å²) < 4.78 is 4.99. The van der Waals surface area contributed by atoms with E-state index < -0.39 is 0 Å². The molecule has 1 N–H and O–H groups in total. The molecule has 0 aliphatic carbocycles. The number of hydrogen-bond donors (Lipinski definition) is 1. The predicted molar refractivity (Wildman–Crippen MR) is 70.5 cm³/mol. The van der Waals surface area contributed by atoms with Gasteiger partial charge < -0.3 is 14.6 Å². The summed E-state index contributed by atoms with van der Waals surface area (Å²) in [6.07, 6.45) is 3.35. The summed E-state index contributed by atoms with van der Waals surface area (Å²) in [6.45, 7) is 0.706. The quantitative estimate of drug-likeness (QED) is 0.899. The Morgan fingerprint density at radius 2 is 1.94 bits per heavy atom. The molecule has 2 aromatic rings. The van der Waals surface area contributed by atoms with Gasteiger partial charge in [0, 0.05) is 37.5 Å². The molecule has 0 radical (unpaired) electrons. The van der Waals surface area contributed by atoms with Crippen molar-refractivity contribution in [3.05, 3.63) is 54.0 Å². The highest BCUT2D eigenvalue weighted by Crippen LogP contribution is 2.12. The van der Waals surface area contributed by atoms with Gasteiger partial charge in [-0.25, -0.2) is 0 Å². The van der Waals surface area contributed by atoms with Crippen molar-refractivity contribution in [2.24, 2.45) is 0 Å². The molecule has 0 saturated heterocycles. The Bertz CT molecular complexity index is 501. The van der Waals surface area contributed by atoms with E-state index >= 15 is 0 Å². The smallest absolute Gasteiger partial charge is 0.253 e. The number of amides is 1. The van der Waals surface area contributed by atoms with Crippen molar-refractivity contribution in [2.75, 3.05) is 19.4 Å². The van der Waals surface area contributed by atoms with Gasteiger partial charge in [0.15, 0.2) is 0 Å². The third-order valence-corrected chi connectivity index (χ3v) is 2.61. The van der Waals surface area contributed by atoms with E-state index in [0.717, 1.165) is 11.3 Å². The van der Waals surface area contributed by atoms with Crippen LogP contribution in [0.15, 0.2) is 47.3 Å². The van der Waals surface area contributed by atoms with Crippen LogP contribution in [0.25, 0.3) is 0 Å². The Kier molecular flexibility index (Phi) is 3.67. The average molecular weight is 244 g/mol. The van der Waals surface area contributed by atoms with Gasteiger partial charge in [0.1, 0.15) is 0 Å². The van der Waals surface area contributed by atoms with Gasteiger partial charge in [0.05, 0.1) is 12.5 Å². The number of carbonyl (C=O) groups is 1. The lowest BCUT2D eigenvalue weighted by Gasteiger charge is -2.11. The molecular weight excluding hydrogens is 228 g/mol. The van der Waals surface area contributed by atoms with E-state index in [9.17, 15) is 4.79 Å². The Morgan fingerprint density at radius 3 is 2.50 bits per heavy atom. The molecule has 4 nitrogen and oxygen atoms in total. The Morgan fingerprint density at radius 1 is 1.22 bits per heavy atom. The number of benzene rings is 1. The van der Waals surface area contributed by atoms with E-state index in [0.29, 0.717) is 12.1 Å². The molecule has 1 aromatic carbocycles. The van der Waals surface area contributed by atoms with Gasteiger partial charge in [-0.05, 0) is 30.3 Å². The minimum absolute atomic E-state index is 0.0105. The summed E-state index contributed by atoms with van der Waals surface area (Å²) >= 11 is 0. The third-order valence-electron chi connectivity index (χ3n) is 2.61. The van der Waals surface area contributed by atoms with Crippen molar-refractivity contribution in [3.8, 4) is 0 Å². The molecule has 18 heavy (non-hydrogen) atoms. The van der Waals surface area contributed by atoms with Crippen molar-refractivity contribution in [1.82, 2.24) is 4.90 Å². The number of carbonyl (C=O) groups excluding carboxylic acids is 1. The molecule has 0 atom stereocenters. The van der Waals surface area contributed by atoms with Crippen LogP contribution in [0.1, 0.15) is 15.9 Å². The SMILES string of the molecule is CN(C)C(=O)c1ccc(NCc2ccoc2)cc1. The zero-order chi connectivity index (χ0) is 13.0. The highest BCUT2D eigenvalue weighted by molar-refractivity contribution is 5.94. The number of anilines is 1. The van der Waals surface area contributed by atoms with Crippen LogP contribution in [0, 0.1) is 0 Å². The summed E-state index contributed by atoms with van der Waals surface area (Å²) in [7, 11) is 3.49. The van der Waals surface area contributed by atoms with Crippen LogP contribution in [0.4, 0.5) is 5.69 Å². The van der Waals surface area contributed by atoms with Crippen molar-refractivity contribution in [3.63, 3.8) is 0 Å². The second kappa shape index (κ2) is 5.40. The van der Waals surface area contributed by atoms with Crippen LogP contribution < -0.4 is 5.32 Å². The topological polar surface area (TPSA) is 45.5 Å². The van der Waals surface area contributed by atoms with Crippen molar-refractivity contribution >= 4 is 11.6 Å². The molecule has 0 unspecified atom stereocenters. The van der Waals surface area contributed by atoms with Crippen LogP contribution in [0.2, 0.25) is 0 Å². The summed E-state index contributed by atoms with van der Waals surface area (Å²) in [6, 6.07) is 9.35. The van der Waals surface area contributed by atoms with Gasteiger partial charge >= 0.3 is 0 Å². The van der Waals surface area contributed by atoms with E-state index in [1.165, 1.54) is 0 Å². The van der Waals surface area contributed by atoms with Gasteiger partial charge in [0.2, 0.25) is 0 Å². The molecule has 0 bridgehead atoms. The first-order chi connectivity index (χ1) is 8.66. The van der Waals surface area contributed by atoms with Crippen molar-refractivity contribution in [2.45, 2.75) is 6.54 Å². The maximum atomic E-state index is 11.7. The molecule has 94 valence electrons. The highest BCUT2D eigenvalue weighted by atomic mass is 16.3. The van der Waals surface area contributed by atoms with Gasteiger partial charge in [-0.3, -0.25) is 4.79 Å². The monoisotopic (exact) mass is 244 g/mol. The largest absolute Gasteiger partial charge is 0.472 e. The minimum Gasteiger partial charge on any atom is -0.472 e. The zero-order valence-corrected chi connectivity index (χ0v) is 10.5. The molecule has 0 aliphatic rings. The van der Waals surface area contributed by atoms with Crippen LogP contribution >= 0.6 is 0 Å². The summed E-state index contributed by atoms with van der Waals surface area (Å²) in [5.74, 6) is 0.0105. The van der Waals surface area contributed by atoms with E-state index in [1.54, 1.807) is 31.5 Å². The molecule has 0 saturated carbocycles. The van der Waals surface area contributed by atoms with Crippen LogP contribution in [0.5, 0.6) is 0 Å². The van der Waals surface area contributed by atoms with Crippen LogP contribution in [-0.4, -0.2) is 24.9 Å². The van der Waals surface area contributed by atoms with Gasteiger partial charge in [0.25, 0.3) is 5.91 Å². The van der Waals surface area contributed by atoms with Crippen molar-refractivity contribution in [1.29, 1.82) is 0 Å². The van der Waals surface area contributed by atoms with Crippen LogP contribution in [0.3, 0.4) is 0 Å². The maximum absolute atomic E-state index is 11.7. The molecule has 0 aliphatic heterocycles. The zero-order valence-electron chi connectivity index (χ0n) is 10.5. The summed E-state index contributed by atoms with van der Waals surface area (Å²) in [5.41, 5.74) is 2.75. The first-order valence-corrected chi connectivity index (χ1v) is 5.73. The fourth-order valence-electron chi connectivity index (χ4n) is 1.59. The first-order valence-electron chi connectivity index (χ1n) is 5.73. The number of rotatable bonds is 4. The number of hydrogen-bond acceptors (Lipinski definition) is 3. The molecule has 2 rings (SSSR count). The van der Waals surface area contributed by atoms with Gasteiger partial charge in [-0.15, -0.1) is 0 Å². The molecule has 1 heterocycles. The van der Waals surface area contributed by atoms with E-state index in [2.05, 4.69) is 5.32 Å². The molecule has 1 amide bonds. The summed E-state index contributed by atoms with van der Waals surface area (Å²) in [4.78, 5) is 13.3. The molecule has 4 heteroatoms. The highest BCUT2D eigenvalue weighted by Gasteiger charge is 2.06. The third kappa shape index (κ3) is 2.91. The number of nitrogens with zero attached hydrogens (tertiary/aromatic N) is 1. The van der Waals surface area contributed by atoms with Crippen molar-refractivity contribution < 1.29 is 9.21 Å². The Hall–Kier alpha value is -2.23. The standard InChI is InChI=1S/C14H16N2O2/c1-16(2)14(17)12-3-5-13(6-4-12)15-9-11-7-8-18-10-11/h3-8,10,15H,9H2,1-2H3. The lowest BCUT2D eigenvalue weighted by Crippen LogP contribution is -2.21. The van der Waals surface area contributed by atoms with E-state index in [4.69, 9.17) is 4.42 Å². The molecule has 0 fully saturated rings. The summed E-state index contributed by atoms with van der Waals surface area (Å²) in [5, 5.41) is 3.26. The van der Waals surface area contributed by atoms with Gasteiger partial charge in [-0.2, -0.15) is 0 Å². The van der Waals surface area contributed by atoms with E-state index in [1.807, 2.05) is 30.3 Å². The Balaban J connectivity index is 1.97. The molecular formula is C14H16N2O2. The lowest BCUT2D eigenvalue weighted by atomic mass is 10.2. The number of furan rings is 1. The van der Waals surface area contributed by atoms with E-state index in [-0.39, 0.29) is 5.91 Å².